The van der Waals surface area contributed by atoms with E-state index >= 15 is 0 Å². The molecule has 0 unspecified atom stereocenters. The molecule has 13 heavy (non-hydrogen) atoms. The fourth-order valence-corrected chi connectivity index (χ4v) is 3.40. The minimum Gasteiger partial charge on any atom is -0.289 e. The van der Waals surface area contributed by atoms with E-state index in [0.717, 1.165) is 12.7 Å². The van der Waals surface area contributed by atoms with Gasteiger partial charge in [0, 0.05) is 6.04 Å². The van der Waals surface area contributed by atoms with Gasteiger partial charge in [-0.15, -0.1) is 0 Å². The monoisotopic (exact) mass is 200 g/mol. The van der Waals surface area contributed by atoms with Crippen LogP contribution in [-0.2, 0) is 0 Å². The second-order valence-corrected chi connectivity index (χ2v) is 6.32. The van der Waals surface area contributed by atoms with Crippen molar-refractivity contribution in [2.24, 2.45) is 0 Å². The maximum absolute atomic E-state index is 3.53. The highest BCUT2D eigenvalue weighted by atomic mass is 32.2. The van der Waals surface area contributed by atoms with Crippen LogP contribution in [-0.4, -0.2) is 21.9 Å². The van der Waals surface area contributed by atoms with E-state index in [0.29, 0.717) is 0 Å². The average Bonchev–Trinajstić information content (AvgIpc) is 2.48. The molecule has 0 atom stereocenters. The summed E-state index contributed by atoms with van der Waals surface area (Å²) in [6.07, 6.45) is 7.13. The van der Waals surface area contributed by atoms with Crippen LogP contribution in [0.4, 0.5) is 0 Å². The average molecular weight is 200 g/mol. The van der Waals surface area contributed by atoms with E-state index in [1.54, 1.807) is 0 Å². The molecule has 0 aromatic rings. The predicted octanol–water partition coefficient (Wildman–Crippen LogP) is 2.57. The molecule has 0 aromatic heterocycles. The van der Waals surface area contributed by atoms with E-state index in [4.69, 9.17) is 0 Å². The molecule has 0 aromatic carbocycles. The topological polar surface area (TPSA) is 15.3 Å². The maximum atomic E-state index is 3.53. The van der Waals surface area contributed by atoms with Crippen molar-refractivity contribution in [1.82, 2.24) is 9.62 Å². The van der Waals surface area contributed by atoms with Gasteiger partial charge in [-0.05, 0) is 26.7 Å². The van der Waals surface area contributed by atoms with Crippen LogP contribution in [0.3, 0.4) is 0 Å². The van der Waals surface area contributed by atoms with Gasteiger partial charge in [0.2, 0.25) is 0 Å². The van der Waals surface area contributed by atoms with Crippen LogP contribution in [0, 0.1) is 0 Å². The third-order valence-corrected chi connectivity index (χ3v) is 4.25. The molecule has 1 aliphatic carbocycles. The van der Waals surface area contributed by atoms with Crippen molar-refractivity contribution in [3.05, 3.63) is 0 Å². The lowest BCUT2D eigenvalue weighted by molar-refractivity contribution is 0.272. The van der Waals surface area contributed by atoms with Crippen molar-refractivity contribution in [2.75, 3.05) is 6.67 Å². The molecule has 2 fully saturated rings. The Morgan fingerprint density at radius 1 is 1.23 bits per heavy atom. The normalized spacial score (nSPS) is 30.9. The van der Waals surface area contributed by atoms with Crippen molar-refractivity contribution >= 4 is 11.9 Å². The Morgan fingerprint density at radius 3 is 2.46 bits per heavy atom. The van der Waals surface area contributed by atoms with Gasteiger partial charge in [0.15, 0.2) is 0 Å². The lowest BCUT2D eigenvalue weighted by atomic mass is 9.96. The summed E-state index contributed by atoms with van der Waals surface area (Å²) in [6.45, 7) is 5.60. The largest absolute Gasteiger partial charge is 0.289 e. The highest BCUT2D eigenvalue weighted by Gasteiger charge is 2.34. The van der Waals surface area contributed by atoms with Crippen molar-refractivity contribution in [2.45, 2.75) is 56.9 Å². The molecule has 0 bridgehead atoms. The molecule has 1 saturated heterocycles. The first-order valence-corrected chi connectivity index (χ1v) is 6.15. The smallest absolute Gasteiger partial charge is 0.0746 e. The molecule has 0 spiro atoms. The fourth-order valence-electron chi connectivity index (χ4n) is 2.20. The molecule has 2 rings (SSSR count). The lowest BCUT2D eigenvalue weighted by Crippen LogP contribution is -2.33. The Hall–Kier alpha value is 0.270. The summed E-state index contributed by atoms with van der Waals surface area (Å²) >= 11 is 2.00. The Bertz CT molecular complexity index is 176. The molecule has 76 valence electrons. The fraction of sp³-hybridized carbons (Fsp3) is 1.00. The van der Waals surface area contributed by atoms with Gasteiger partial charge in [0.05, 0.1) is 11.5 Å². The first-order valence-electron chi connectivity index (χ1n) is 5.38. The van der Waals surface area contributed by atoms with Crippen LogP contribution in [0.2, 0.25) is 0 Å². The van der Waals surface area contributed by atoms with E-state index in [1.807, 2.05) is 11.9 Å². The van der Waals surface area contributed by atoms with E-state index < -0.39 is 0 Å². The molecular weight excluding hydrogens is 180 g/mol. The van der Waals surface area contributed by atoms with E-state index in [2.05, 4.69) is 23.5 Å². The third-order valence-electron chi connectivity index (χ3n) is 2.99. The predicted molar refractivity (Wildman–Crippen MR) is 58.4 cm³/mol. The zero-order valence-corrected chi connectivity index (χ0v) is 9.49. The summed E-state index contributed by atoms with van der Waals surface area (Å²) in [4.78, 5) is 0.261. The standard InChI is InChI=1S/C10H20N2S/c1-10(2)11-8-12(13-10)9-6-4-3-5-7-9/h9,11H,3-8H2,1-2H3. The van der Waals surface area contributed by atoms with Gasteiger partial charge in [0.1, 0.15) is 0 Å². The minimum absolute atomic E-state index is 0.261. The Balaban J connectivity index is 1.87. The van der Waals surface area contributed by atoms with E-state index in [9.17, 15) is 0 Å². The molecule has 1 saturated carbocycles. The molecule has 1 N–H and O–H groups in total. The molecule has 0 radical (unpaired) electrons. The SMILES string of the molecule is CC1(C)NCN(C2CCCCC2)S1. The van der Waals surface area contributed by atoms with Crippen LogP contribution in [0.15, 0.2) is 0 Å². The van der Waals surface area contributed by atoms with Crippen LogP contribution in [0.1, 0.15) is 46.0 Å². The lowest BCUT2D eigenvalue weighted by Gasteiger charge is -2.29. The van der Waals surface area contributed by atoms with Gasteiger partial charge in [-0.25, -0.2) is 4.31 Å². The minimum atomic E-state index is 0.261. The molecule has 1 aliphatic heterocycles. The molecular formula is C10H20N2S. The zero-order valence-electron chi connectivity index (χ0n) is 8.68. The van der Waals surface area contributed by atoms with Crippen molar-refractivity contribution in [1.29, 1.82) is 0 Å². The maximum Gasteiger partial charge on any atom is 0.0746 e. The van der Waals surface area contributed by atoms with Crippen LogP contribution < -0.4 is 5.32 Å². The summed E-state index contributed by atoms with van der Waals surface area (Å²) in [6, 6.07) is 0.841. The Morgan fingerprint density at radius 2 is 1.92 bits per heavy atom. The highest BCUT2D eigenvalue weighted by molar-refractivity contribution is 7.98. The second kappa shape index (κ2) is 3.79. The number of hydrogen-bond acceptors (Lipinski definition) is 3. The highest BCUT2D eigenvalue weighted by Crippen LogP contribution is 2.36. The second-order valence-electron chi connectivity index (χ2n) is 4.65. The zero-order chi connectivity index (χ0) is 9.31. The number of nitrogens with zero attached hydrogens (tertiary/aromatic N) is 1. The summed E-state index contributed by atoms with van der Waals surface area (Å²) in [7, 11) is 0. The van der Waals surface area contributed by atoms with Gasteiger partial charge in [-0.1, -0.05) is 31.2 Å². The molecule has 1 heterocycles. The van der Waals surface area contributed by atoms with Gasteiger partial charge in [-0.3, -0.25) is 5.32 Å². The summed E-state index contributed by atoms with van der Waals surface area (Å²) in [5.41, 5.74) is 0. The Kier molecular flexibility index (Phi) is 2.86. The summed E-state index contributed by atoms with van der Waals surface area (Å²) in [5, 5.41) is 3.53. The number of rotatable bonds is 1. The van der Waals surface area contributed by atoms with Crippen molar-refractivity contribution in [3.8, 4) is 0 Å². The first kappa shape index (κ1) is 9.81. The Labute approximate surface area is 85.6 Å². The molecule has 0 amide bonds. The van der Waals surface area contributed by atoms with Gasteiger partial charge in [0.25, 0.3) is 0 Å². The number of hydrogen-bond donors (Lipinski definition) is 1. The van der Waals surface area contributed by atoms with E-state index in [1.165, 1.54) is 32.1 Å². The van der Waals surface area contributed by atoms with Crippen molar-refractivity contribution < 1.29 is 0 Å². The van der Waals surface area contributed by atoms with Gasteiger partial charge in [-0.2, -0.15) is 0 Å². The first-order chi connectivity index (χ1) is 6.17. The molecule has 2 nitrogen and oxygen atoms in total. The van der Waals surface area contributed by atoms with Crippen LogP contribution in [0.5, 0.6) is 0 Å². The van der Waals surface area contributed by atoms with Gasteiger partial charge >= 0.3 is 0 Å². The van der Waals surface area contributed by atoms with Crippen molar-refractivity contribution in [3.63, 3.8) is 0 Å². The third kappa shape index (κ3) is 2.39. The summed E-state index contributed by atoms with van der Waals surface area (Å²) in [5.74, 6) is 0. The molecule has 2 aliphatic rings. The summed E-state index contributed by atoms with van der Waals surface area (Å²) < 4.78 is 2.55. The van der Waals surface area contributed by atoms with Gasteiger partial charge < -0.3 is 0 Å². The van der Waals surface area contributed by atoms with Crippen LogP contribution in [0.25, 0.3) is 0 Å². The van der Waals surface area contributed by atoms with Crippen LogP contribution >= 0.6 is 11.9 Å². The quantitative estimate of drug-likeness (QED) is 0.655. The molecule has 3 heteroatoms. The number of nitrogens with one attached hydrogen (secondary N) is 1. The van der Waals surface area contributed by atoms with E-state index in [-0.39, 0.29) is 4.87 Å².